The van der Waals surface area contributed by atoms with Crippen molar-refractivity contribution in [2.75, 3.05) is 5.73 Å². The van der Waals surface area contributed by atoms with Gasteiger partial charge in [-0.25, -0.2) is 13.8 Å². The van der Waals surface area contributed by atoms with E-state index >= 15 is 0 Å². The molecule has 0 aliphatic heterocycles. The maximum atomic E-state index is 13.4. The van der Waals surface area contributed by atoms with Gasteiger partial charge in [0, 0.05) is 6.07 Å². The maximum absolute atomic E-state index is 13.4. The Labute approximate surface area is 89.0 Å². The van der Waals surface area contributed by atoms with E-state index < -0.39 is 17.1 Å². The molecule has 0 fully saturated rings. The number of anilines is 1. The van der Waals surface area contributed by atoms with Gasteiger partial charge in [0.2, 0.25) is 0 Å². The van der Waals surface area contributed by atoms with Gasteiger partial charge in [-0.05, 0) is 12.1 Å². The second-order valence-electron chi connectivity index (χ2n) is 3.15. The summed E-state index contributed by atoms with van der Waals surface area (Å²) in [6.07, 6.45) is 0. The van der Waals surface area contributed by atoms with Crippen molar-refractivity contribution in [2.45, 2.75) is 0 Å². The summed E-state index contributed by atoms with van der Waals surface area (Å²) >= 11 is 0. The van der Waals surface area contributed by atoms with Gasteiger partial charge < -0.3 is 5.73 Å². The van der Waals surface area contributed by atoms with Gasteiger partial charge in [-0.1, -0.05) is 12.1 Å². The van der Waals surface area contributed by atoms with Crippen LogP contribution in [0.1, 0.15) is 0 Å². The van der Waals surface area contributed by atoms with Gasteiger partial charge in [-0.2, -0.15) is 0 Å². The Morgan fingerprint density at radius 1 is 1.25 bits per heavy atom. The molecule has 0 aliphatic rings. The molecule has 0 spiro atoms. The molecular formula is C10H8FN3O2. The number of nitrogens with one attached hydrogen (secondary N) is 1. The fourth-order valence-corrected chi connectivity index (χ4v) is 1.40. The lowest BCUT2D eigenvalue weighted by Gasteiger charge is -2.08. The third-order valence-corrected chi connectivity index (χ3v) is 2.06. The van der Waals surface area contributed by atoms with Crippen LogP contribution >= 0.6 is 0 Å². The van der Waals surface area contributed by atoms with Crippen molar-refractivity contribution in [1.82, 2.24) is 9.55 Å². The summed E-state index contributed by atoms with van der Waals surface area (Å²) in [5, 5.41) is 0. The Kier molecular flexibility index (Phi) is 2.32. The molecule has 1 aromatic carbocycles. The van der Waals surface area contributed by atoms with Gasteiger partial charge in [0.05, 0.1) is 5.69 Å². The molecule has 1 aromatic heterocycles. The summed E-state index contributed by atoms with van der Waals surface area (Å²) in [6, 6.07) is 6.67. The average Bonchev–Trinajstić information content (AvgIpc) is 2.19. The summed E-state index contributed by atoms with van der Waals surface area (Å²) < 4.78 is 14.3. The van der Waals surface area contributed by atoms with Crippen molar-refractivity contribution < 1.29 is 4.39 Å². The number of nitrogen functional groups attached to an aromatic ring is 1. The number of nitrogens with two attached hydrogens (primary N) is 1. The normalized spacial score (nSPS) is 10.3. The van der Waals surface area contributed by atoms with Crippen LogP contribution in [0.4, 0.5) is 10.2 Å². The number of hydrogen-bond acceptors (Lipinski definition) is 3. The fourth-order valence-electron chi connectivity index (χ4n) is 1.40. The molecule has 0 atom stereocenters. The van der Waals surface area contributed by atoms with E-state index in [1.165, 1.54) is 18.2 Å². The molecule has 0 amide bonds. The van der Waals surface area contributed by atoms with Gasteiger partial charge in [0.25, 0.3) is 5.56 Å². The Hall–Kier alpha value is -2.37. The van der Waals surface area contributed by atoms with E-state index in [1.807, 2.05) is 4.98 Å². The summed E-state index contributed by atoms with van der Waals surface area (Å²) in [5.74, 6) is -0.706. The minimum absolute atomic E-state index is 0.00116. The average molecular weight is 221 g/mol. The minimum atomic E-state index is -0.768. The van der Waals surface area contributed by atoms with E-state index in [0.29, 0.717) is 0 Å². The van der Waals surface area contributed by atoms with Crippen molar-refractivity contribution in [2.24, 2.45) is 0 Å². The number of H-pyrrole nitrogens is 1. The highest BCUT2D eigenvalue weighted by atomic mass is 19.1. The summed E-state index contributed by atoms with van der Waals surface area (Å²) in [5.41, 5.74) is 4.12. The highest BCUT2D eigenvalue weighted by Crippen LogP contribution is 2.12. The monoisotopic (exact) mass is 221 g/mol. The standard InChI is InChI=1S/C10H8FN3O2/c11-6-3-1-2-4-7(6)14-8(12)5-9(15)13-10(14)16/h1-5H,12H2,(H,13,15,16). The minimum Gasteiger partial charge on any atom is -0.385 e. The highest BCUT2D eigenvalue weighted by Gasteiger charge is 2.09. The lowest BCUT2D eigenvalue weighted by atomic mass is 10.3. The number of benzene rings is 1. The first-order valence-electron chi connectivity index (χ1n) is 4.46. The molecule has 0 bridgehead atoms. The summed E-state index contributed by atoms with van der Waals surface area (Å²) in [4.78, 5) is 24.4. The molecular weight excluding hydrogens is 213 g/mol. The van der Waals surface area contributed by atoms with Crippen molar-refractivity contribution >= 4 is 5.82 Å². The Bertz CT molecular complexity index is 645. The molecule has 82 valence electrons. The zero-order chi connectivity index (χ0) is 11.7. The van der Waals surface area contributed by atoms with Crippen molar-refractivity contribution in [3.63, 3.8) is 0 Å². The molecule has 16 heavy (non-hydrogen) atoms. The van der Waals surface area contributed by atoms with E-state index in [1.54, 1.807) is 6.07 Å². The largest absolute Gasteiger partial charge is 0.385 e. The van der Waals surface area contributed by atoms with Gasteiger partial charge in [0.1, 0.15) is 11.6 Å². The van der Waals surface area contributed by atoms with Crippen LogP contribution in [0.2, 0.25) is 0 Å². The van der Waals surface area contributed by atoms with Crippen molar-refractivity contribution in [3.8, 4) is 5.69 Å². The summed E-state index contributed by atoms with van der Waals surface area (Å²) in [6.45, 7) is 0. The lowest BCUT2D eigenvalue weighted by molar-refractivity contribution is 0.615. The number of rotatable bonds is 1. The Morgan fingerprint density at radius 3 is 2.56 bits per heavy atom. The second kappa shape index (κ2) is 3.65. The number of para-hydroxylation sites is 1. The van der Waals surface area contributed by atoms with Crippen LogP contribution in [0.3, 0.4) is 0 Å². The maximum Gasteiger partial charge on any atom is 0.334 e. The predicted molar refractivity (Wildman–Crippen MR) is 57.0 cm³/mol. The Balaban J connectivity index is 2.80. The van der Waals surface area contributed by atoms with Crippen LogP contribution in [0.25, 0.3) is 5.69 Å². The third-order valence-electron chi connectivity index (χ3n) is 2.06. The van der Waals surface area contributed by atoms with Crippen molar-refractivity contribution in [3.05, 3.63) is 57.0 Å². The van der Waals surface area contributed by atoms with Crippen LogP contribution in [-0.4, -0.2) is 9.55 Å². The molecule has 1 heterocycles. The third kappa shape index (κ3) is 1.60. The molecule has 3 N–H and O–H groups in total. The molecule has 0 saturated carbocycles. The molecule has 2 aromatic rings. The molecule has 2 rings (SSSR count). The topological polar surface area (TPSA) is 80.9 Å². The van der Waals surface area contributed by atoms with Crippen LogP contribution in [0.15, 0.2) is 39.9 Å². The number of aromatic amines is 1. The number of hydrogen-bond donors (Lipinski definition) is 2. The number of aromatic nitrogens is 2. The molecule has 6 heteroatoms. The number of halogens is 1. The van der Waals surface area contributed by atoms with Crippen molar-refractivity contribution in [1.29, 1.82) is 0 Å². The van der Waals surface area contributed by atoms with Crippen LogP contribution in [0.5, 0.6) is 0 Å². The van der Waals surface area contributed by atoms with E-state index in [0.717, 1.165) is 10.6 Å². The quantitative estimate of drug-likeness (QED) is 0.724. The van der Waals surface area contributed by atoms with Crippen LogP contribution in [-0.2, 0) is 0 Å². The van der Waals surface area contributed by atoms with E-state index in [4.69, 9.17) is 5.73 Å². The van der Waals surface area contributed by atoms with Gasteiger partial charge in [-0.3, -0.25) is 9.78 Å². The van der Waals surface area contributed by atoms with E-state index in [9.17, 15) is 14.0 Å². The molecule has 5 nitrogen and oxygen atoms in total. The lowest BCUT2D eigenvalue weighted by Crippen LogP contribution is -2.30. The molecule has 0 radical (unpaired) electrons. The predicted octanol–water partition coefficient (Wildman–Crippen LogP) is 0.247. The first-order chi connectivity index (χ1) is 7.59. The smallest absolute Gasteiger partial charge is 0.334 e. The number of nitrogens with zero attached hydrogens (tertiary/aromatic N) is 1. The van der Waals surface area contributed by atoms with E-state index in [2.05, 4.69) is 0 Å². The zero-order valence-corrected chi connectivity index (χ0v) is 8.11. The molecule has 0 aliphatic carbocycles. The molecule has 0 saturated heterocycles. The van der Waals surface area contributed by atoms with Gasteiger partial charge in [0.15, 0.2) is 0 Å². The second-order valence-corrected chi connectivity index (χ2v) is 3.15. The van der Waals surface area contributed by atoms with Crippen LogP contribution < -0.4 is 17.0 Å². The van der Waals surface area contributed by atoms with Gasteiger partial charge >= 0.3 is 5.69 Å². The highest BCUT2D eigenvalue weighted by molar-refractivity contribution is 5.42. The fraction of sp³-hybridized carbons (Fsp3) is 0. The first-order valence-corrected chi connectivity index (χ1v) is 4.46. The van der Waals surface area contributed by atoms with E-state index in [-0.39, 0.29) is 11.5 Å². The first kappa shape index (κ1) is 10.2. The SMILES string of the molecule is Nc1cc(=O)[nH]c(=O)n1-c1ccccc1F. The molecule has 0 unspecified atom stereocenters. The summed E-state index contributed by atoms with van der Waals surface area (Å²) in [7, 11) is 0. The van der Waals surface area contributed by atoms with Crippen LogP contribution in [0, 0.1) is 5.82 Å². The Morgan fingerprint density at radius 2 is 1.94 bits per heavy atom. The van der Waals surface area contributed by atoms with Gasteiger partial charge in [-0.15, -0.1) is 0 Å². The zero-order valence-electron chi connectivity index (χ0n) is 8.11.